The van der Waals surface area contributed by atoms with Crippen molar-refractivity contribution in [3.63, 3.8) is 0 Å². The van der Waals surface area contributed by atoms with E-state index in [2.05, 4.69) is 9.82 Å². The van der Waals surface area contributed by atoms with Gasteiger partial charge in [-0.05, 0) is 18.9 Å². The van der Waals surface area contributed by atoms with E-state index in [1.165, 1.54) is 0 Å². The lowest BCUT2D eigenvalue weighted by molar-refractivity contribution is 0.580. The molecule has 2 rings (SSSR count). The Hall–Kier alpha value is -1.66. The predicted molar refractivity (Wildman–Crippen MR) is 78.0 cm³/mol. The fourth-order valence-electron chi connectivity index (χ4n) is 1.93. The van der Waals surface area contributed by atoms with Gasteiger partial charge in [0.25, 0.3) is 0 Å². The van der Waals surface area contributed by atoms with Crippen LogP contribution < -0.4 is 4.72 Å². The Morgan fingerprint density at radius 1 is 1.25 bits per heavy atom. The zero-order chi connectivity index (χ0) is 14.6. The summed E-state index contributed by atoms with van der Waals surface area (Å²) < 4.78 is 28.4. The Kier molecular flexibility index (Phi) is 4.57. The summed E-state index contributed by atoms with van der Waals surface area (Å²) in [4.78, 5) is 0.252. The molecular formula is C14H19N3O2S. The molecule has 108 valence electrons. The molecule has 0 aliphatic rings. The van der Waals surface area contributed by atoms with Crippen molar-refractivity contribution in [2.24, 2.45) is 0 Å². The van der Waals surface area contributed by atoms with Crippen molar-refractivity contribution in [1.82, 2.24) is 14.5 Å². The molecule has 6 heteroatoms. The van der Waals surface area contributed by atoms with Crippen LogP contribution in [0.3, 0.4) is 0 Å². The summed E-state index contributed by atoms with van der Waals surface area (Å²) in [5.74, 6) is 0. The second-order valence-electron chi connectivity index (χ2n) is 4.66. The van der Waals surface area contributed by atoms with Gasteiger partial charge in [0.05, 0.1) is 12.2 Å². The van der Waals surface area contributed by atoms with Gasteiger partial charge >= 0.3 is 0 Å². The second kappa shape index (κ2) is 6.19. The number of rotatable bonds is 6. The predicted octanol–water partition coefficient (Wildman–Crippen LogP) is 1.93. The lowest BCUT2D eigenvalue weighted by Crippen LogP contribution is -2.24. The number of aryl methyl sites for hydroxylation is 1. The van der Waals surface area contributed by atoms with Crippen LogP contribution in [-0.4, -0.2) is 24.7 Å². The maximum atomic E-state index is 12.1. The summed E-state index contributed by atoms with van der Waals surface area (Å²) in [7, 11) is -3.46. The average Bonchev–Trinajstić information content (AvgIpc) is 2.79. The van der Waals surface area contributed by atoms with Crippen LogP contribution in [0.5, 0.6) is 0 Å². The molecule has 0 radical (unpaired) electrons. The molecule has 0 fully saturated rings. The molecule has 0 aliphatic heterocycles. The van der Waals surface area contributed by atoms with Gasteiger partial charge in [-0.15, -0.1) is 0 Å². The number of sulfonamides is 1. The van der Waals surface area contributed by atoms with E-state index in [1.54, 1.807) is 17.8 Å². The second-order valence-corrected chi connectivity index (χ2v) is 6.40. The van der Waals surface area contributed by atoms with Crippen molar-refractivity contribution in [2.45, 2.75) is 31.7 Å². The Balaban J connectivity index is 2.22. The smallest absolute Gasteiger partial charge is 0.243 e. The molecule has 1 N–H and O–H groups in total. The van der Waals surface area contributed by atoms with Crippen molar-refractivity contribution >= 4 is 10.0 Å². The third kappa shape index (κ3) is 3.46. The number of nitrogens with zero attached hydrogens (tertiary/aromatic N) is 2. The Morgan fingerprint density at radius 2 is 1.95 bits per heavy atom. The zero-order valence-electron chi connectivity index (χ0n) is 11.7. The molecular weight excluding hydrogens is 274 g/mol. The van der Waals surface area contributed by atoms with E-state index in [0.29, 0.717) is 18.8 Å². The van der Waals surface area contributed by atoms with E-state index in [4.69, 9.17) is 0 Å². The minimum Gasteiger partial charge on any atom is -0.267 e. The van der Waals surface area contributed by atoms with Crippen LogP contribution in [0.1, 0.15) is 24.6 Å². The van der Waals surface area contributed by atoms with Gasteiger partial charge in [-0.3, -0.25) is 4.68 Å². The highest BCUT2D eigenvalue weighted by Gasteiger charge is 2.19. The SMILES string of the molecule is CCCNS(=O)(=O)c1cn(Cc2ccccc2)nc1C. The first-order chi connectivity index (χ1) is 9.53. The minimum atomic E-state index is -3.46. The Bertz CT molecular complexity index is 663. The summed E-state index contributed by atoms with van der Waals surface area (Å²) >= 11 is 0. The molecule has 0 spiro atoms. The lowest BCUT2D eigenvalue weighted by atomic mass is 10.2. The van der Waals surface area contributed by atoms with Crippen LogP contribution in [0.15, 0.2) is 41.4 Å². The molecule has 0 bridgehead atoms. The van der Waals surface area contributed by atoms with E-state index < -0.39 is 10.0 Å². The molecule has 20 heavy (non-hydrogen) atoms. The molecule has 2 aromatic rings. The van der Waals surface area contributed by atoms with Crippen LogP contribution >= 0.6 is 0 Å². The number of hydrogen-bond acceptors (Lipinski definition) is 3. The monoisotopic (exact) mass is 293 g/mol. The highest BCUT2D eigenvalue weighted by atomic mass is 32.2. The van der Waals surface area contributed by atoms with Gasteiger partial charge < -0.3 is 0 Å². The number of nitrogens with one attached hydrogen (secondary N) is 1. The van der Waals surface area contributed by atoms with E-state index in [0.717, 1.165) is 12.0 Å². The van der Waals surface area contributed by atoms with Gasteiger partial charge in [-0.2, -0.15) is 5.10 Å². The van der Waals surface area contributed by atoms with Gasteiger partial charge in [0.2, 0.25) is 10.0 Å². The van der Waals surface area contributed by atoms with Crippen LogP contribution in [0.2, 0.25) is 0 Å². The van der Waals surface area contributed by atoms with Crippen LogP contribution in [0, 0.1) is 6.92 Å². The molecule has 0 saturated carbocycles. The molecule has 1 heterocycles. The minimum absolute atomic E-state index is 0.252. The highest BCUT2D eigenvalue weighted by Crippen LogP contribution is 2.14. The van der Waals surface area contributed by atoms with Crippen molar-refractivity contribution in [1.29, 1.82) is 0 Å². The summed E-state index contributed by atoms with van der Waals surface area (Å²) in [5, 5.41) is 4.28. The zero-order valence-corrected chi connectivity index (χ0v) is 12.5. The summed E-state index contributed by atoms with van der Waals surface area (Å²) in [5.41, 5.74) is 1.60. The molecule has 0 saturated heterocycles. The Labute approximate surface area is 119 Å². The lowest BCUT2D eigenvalue weighted by Gasteiger charge is -2.03. The van der Waals surface area contributed by atoms with Crippen molar-refractivity contribution in [3.8, 4) is 0 Å². The van der Waals surface area contributed by atoms with Gasteiger partial charge in [0.1, 0.15) is 4.90 Å². The van der Waals surface area contributed by atoms with E-state index in [1.807, 2.05) is 37.3 Å². The first kappa shape index (κ1) is 14.7. The fraction of sp³-hybridized carbons (Fsp3) is 0.357. The fourth-order valence-corrected chi connectivity index (χ4v) is 3.25. The first-order valence-electron chi connectivity index (χ1n) is 6.60. The number of hydrogen-bond donors (Lipinski definition) is 1. The normalized spacial score (nSPS) is 11.7. The summed E-state index contributed by atoms with van der Waals surface area (Å²) in [6.07, 6.45) is 2.34. The summed E-state index contributed by atoms with van der Waals surface area (Å²) in [6, 6.07) is 9.82. The third-order valence-electron chi connectivity index (χ3n) is 2.92. The largest absolute Gasteiger partial charge is 0.267 e. The van der Waals surface area contributed by atoms with Gasteiger partial charge in [-0.25, -0.2) is 13.1 Å². The maximum Gasteiger partial charge on any atom is 0.243 e. The van der Waals surface area contributed by atoms with Crippen molar-refractivity contribution in [2.75, 3.05) is 6.54 Å². The summed E-state index contributed by atoms with van der Waals surface area (Å²) in [6.45, 7) is 4.63. The molecule has 0 unspecified atom stereocenters. The molecule has 1 aromatic heterocycles. The number of aromatic nitrogens is 2. The van der Waals surface area contributed by atoms with Crippen LogP contribution in [0.25, 0.3) is 0 Å². The topological polar surface area (TPSA) is 64.0 Å². The molecule has 0 aliphatic carbocycles. The van der Waals surface area contributed by atoms with Crippen LogP contribution in [-0.2, 0) is 16.6 Å². The maximum absolute atomic E-state index is 12.1. The van der Waals surface area contributed by atoms with Gasteiger partial charge in [-0.1, -0.05) is 37.3 Å². The highest BCUT2D eigenvalue weighted by molar-refractivity contribution is 7.89. The van der Waals surface area contributed by atoms with Gasteiger partial charge in [0, 0.05) is 12.7 Å². The quantitative estimate of drug-likeness (QED) is 0.885. The average molecular weight is 293 g/mol. The number of benzene rings is 1. The van der Waals surface area contributed by atoms with E-state index in [-0.39, 0.29) is 4.90 Å². The Morgan fingerprint density at radius 3 is 2.60 bits per heavy atom. The van der Waals surface area contributed by atoms with E-state index in [9.17, 15) is 8.42 Å². The molecule has 1 aromatic carbocycles. The first-order valence-corrected chi connectivity index (χ1v) is 8.09. The van der Waals surface area contributed by atoms with Gasteiger partial charge in [0.15, 0.2) is 0 Å². The van der Waals surface area contributed by atoms with Crippen molar-refractivity contribution in [3.05, 3.63) is 47.8 Å². The third-order valence-corrected chi connectivity index (χ3v) is 4.48. The molecule has 0 atom stereocenters. The van der Waals surface area contributed by atoms with E-state index >= 15 is 0 Å². The molecule has 0 amide bonds. The van der Waals surface area contributed by atoms with Crippen LogP contribution in [0.4, 0.5) is 0 Å². The molecule has 5 nitrogen and oxygen atoms in total. The van der Waals surface area contributed by atoms with Crippen molar-refractivity contribution < 1.29 is 8.42 Å². The standard InChI is InChI=1S/C14H19N3O2S/c1-3-9-15-20(18,19)14-11-17(16-12(14)2)10-13-7-5-4-6-8-13/h4-8,11,15H,3,9-10H2,1-2H3.